The van der Waals surface area contributed by atoms with Crippen LogP contribution in [0.25, 0.3) is 0 Å². The maximum absolute atomic E-state index is 10.5. The lowest BCUT2D eigenvalue weighted by Crippen LogP contribution is -1.99. The molecule has 0 aromatic heterocycles. The summed E-state index contributed by atoms with van der Waals surface area (Å²) in [6.45, 7) is 0.471. The molecule has 1 aromatic rings. The van der Waals surface area contributed by atoms with Gasteiger partial charge in [-0.3, -0.25) is 4.79 Å². The van der Waals surface area contributed by atoms with Gasteiger partial charge in [0.25, 0.3) is 0 Å². The Morgan fingerprint density at radius 3 is 2.73 bits per heavy atom. The van der Waals surface area contributed by atoms with Crippen LogP contribution in [0.3, 0.4) is 0 Å². The van der Waals surface area contributed by atoms with Crippen LogP contribution in [0.1, 0.15) is 23.2 Å². The molecule has 0 heterocycles. The summed E-state index contributed by atoms with van der Waals surface area (Å²) in [5.74, 6) is 0.615. The van der Waals surface area contributed by atoms with E-state index in [2.05, 4.69) is 0 Å². The number of carbonyl (C=O) groups excluding carboxylic acids is 2. The summed E-state index contributed by atoms with van der Waals surface area (Å²) in [5.41, 5.74) is 6.45. The smallest absolute Gasteiger partial charge is 0.152 e. The lowest BCUT2D eigenvalue weighted by atomic mass is 10.2. The van der Waals surface area contributed by atoms with Gasteiger partial charge in [-0.15, -0.1) is 0 Å². The number of nitrogens with two attached hydrogens (primary N) is 1. The maximum Gasteiger partial charge on any atom is 0.152 e. The molecule has 0 spiro atoms. The van der Waals surface area contributed by atoms with Crippen molar-refractivity contribution in [1.29, 1.82) is 0 Å². The highest BCUT2D eigenvalue weighted by Gasteiger charge is 2.00. The Balaban J connectivity index is 2.52. The van der Waals surface area contributed by atoms with Gasteiger partial charge in [-0.25, -0.2) is 0 Å². The molecule has 0 amide bonds. The van der Waals surface area contributed by atoms with Gasteiger partial charge in [-0.1, -0.05) is 0 Å². The van der Waals surface area contributed by atoms with Crippen molar-refractivity contribution in [3.05, 3.63) is 23.8 Å². The zero-order valence-electron chi connectivity index (χ0n) is 8.31. The standard InChI is InChI=1S/C11H13NO3/c12-11-7-10(4-3-9(11)8-14)15-6-2-1-5-13/h3-5,7-8H,1-2,6,12H2. The molecule has 0 fully saturated rings. The summed E-state index contributed by atoms with van der Waals surface area (Å²) in [6.07, 6.45) is 2.72. The molecule has 0 aliphatic carbocycles. The van der Waals surface area contributed by atoms with E-state index in [9.17, 15) is 9.59 Å². The zero-order chi connectivity index (χ0) is 11.1. The van der Waals surface area contributed by atoms with Crippen LogP contribution < -0.4 is 10.5 Å². The molecule has 0 unspecified atom stereocenters. The van der Waals surface area contributed by atoms with Crippen molar-refractivity contribution < 1.29 is 14.3 Å². The van der Waals surface area contributed by atoms with Crippen LogP contribution in [0.5, 0.6) is 5.75 Å². The Labute approximate surface area is 88.0 Å². The van der Waals surface area contributed by atoms with Crippen LogP contribution in [0.4, 0.5) is 5.69 Å². The normalized spacial score (nSPS) is 9.60. The first-order valence-electron chi connectivity index (χ1n) is 4.69. The molecular weight excluding hydrogens is 194 g/mol. The lowest BCUT2D eigenvalue weighted by Gasteiger charge is -2.06. The van der Waals surface area contributed by atoms with Crippen LogP contribution in [0.2, 0.25) is 0 Å². The van der Waals surface area contributed by atoms with E-state index in [1.807, 2.05) is 0 Å². The molecule has 2 N–H and O–H groups in total. The van der Waals surface area contributed by atoms with E-state index in [0.717, 1.165) is 6.29 Å². The van der Waals surface area contributed by atoms with Gasteiger partial charge in [0.2, 0.25) is 0 Å². The first kappa shape index (κ1) is 11.2. The van der Waals surface area contributed by atoms with E-state index in [1.165, 1.54) is 0 Å². The number of anilines is 1. The van der Waals surface area contributed by atoms with E-state index in [0.29, 0.717) is 42.7 Å². The molecule has 0 aliphatic rings. The Morgan fingerprint density at radius 2 is 2.13 bits per heavy atom. The second kappa shape index (κ2) is 5.80. The third kappa shape index (κ3) is 3.42. The number of carbonyl (C=O) groups is 2. The fourth-order valence-corrected chi connectivity index (χ4v) is 1.11. The van der Waals surface area contributed by atoms with Crippen molar-refractivity contribution in [2.75, 3.05) is 12.3 Å². The number of benzene rings is 1. The summed E-state index contributed by atoms with van der Waals surface area (Å²) in [6, 6.07) is 4.89. The molecular formula is C11H13NO3. The Morgan fingerprint density at radius 1 is 1.33 bits per heavy atom. The molecule has 0 radical (unpaired) electrons. The van der Waals surface area contributed by atoms with Gasteiger partial charge in [0.15, 0.2) is 6.29 Å². The van der Waals surface area contributed by atoms with Gasteiger partial charge in [0.05, 0.1) is 6.61 Å². The third-order valence-corrected chi connectivity index (χ3v) is 1.92. The lowest BCUT2D eigenvalue weighted by molar-refractivity contribution is -0.108. The molecule has 1 aromatic carbocycles. The SMILES string of the molecule is Nc1cc(OCCCC=O)ccc1C=O. The third-order valence-electron chi connectivity index (χ3n) is 1.92. The van der Waals surface area contributed by atoms with Crippen molar-refractivity contribution in [1.82, 2.24) is 0 Å². The van der Waals surface area contributed by atoms with Crippen LogP contribution in [-0.2, 0) is 4.79 Å². The summed E-state index contributed by atoms with van der Waals surface area (Å²) in [4.78, 5) is 20.5. The van der Waals surface area contributed by atoms with Crippen molar-refractivity contribution in [3.8, 4) is 5.75 Å². The Hall–Kier alpha value is -1.84. The van der Waals surface area contributed by atoms with E-state index in [-0.39, 0.29) is 0 Å². The second-order valence-electron chi connectivity index (χ2n) is 3.07. The number of hydrogen-bond acceptors (Lipinski definition) is 4. The van der Waals surface area contributed by atoms with Crippen molar-refractivity contribution in [3.63, 3.8) is 0 Å². The summed E-state index contributed by atoms with van der Waals surface area (Å²) < 4.78 is 5.33. The number of ether oxygens (including phenoxy) is 1. The predicted octanol–water partition coefficient (Wildman–Crippen LogP) is 1.44. The molecule has 80 valence electrons. The second-order valence-corrected chi connectivity index (χ2v) is 3.07. The number of aldehydes is 2. The fraction of sp³-hybridized carbons (Fsp3) is 0.273. The first-order valence-corrected chi connectivity index (χ1v) is 4.69. The van der Waals surface area contributed by atoms with Gasteiger partial charge in [-0.2, -0.15) is 0 Å². The van der Waals surface area contributed by atoms with E-state index in [1.54, 1.807) is 18.2 Å². The van der Waals surface area contributed by atoms with E-state index < -0.39 is 0 Å². The van der Waals surface area contributed by atoms with Gasteiger partial charge < -0.3 is 15.3 Å². The molecule has 0 saturated heterocycles. The average Bonchev–Trinajstić information content (AvgIpc) is 2.25. The molecule has 0 aliphatic heterocycles. The number of nitrogen functional groups attached to an aromatic ring is 1. The minimum Gasteiger partial charge on any atom is -0.494 e. The van der Waals surface area contributed by atoms with E-state index >= 15 is 0 Å². The molecule has 4 nitrogen and oxygen atoms in total. The Bertz CT molecular complexity index is 350. The monoisotopic (exact) mass is 207 g/mol. The van der Waals surface area contributed by atoms with Gasteiger partial charge >= 0.3 is 0 Å². The zero-order valence-corrected chi connectivity index (χ0v) is 8.31. The van der Waals surface area contributed by atoms with Crippen LogP contribution in [0.15, 0.2) is 18.2 Å². The van der Waals surface area contributed by atoms with Crippen molar-refractivity contribution in [2.24, 2.45) is 0 Å². The van der Waals surface area contributed by atoms with E-state index in [4.69, 9.17) is 10.5 Å². The number of hydrogen-bond donors (Lipinski definition) is 1. The fourth-order valence-electron chi connectivity index (χ4n) is 1.11. The molecule has 1 rings (SSSR count). The summed E-state index contributed by atoms with van der Waals surface area (Å²) in [5, 5.41) is 0. The largest absolute Gasteiger partial charge is 0.494 e. The topological polar surface area (TPSA) is 69.4 Å². The molecule has 0 bridgehead atoms. The van der Waals surface area contributed by atoms with Crippen molar-refractivity contribution in [2.45, 2.75) is 12.8 Å². The maximum atomic E-state index is 10.5. The van der Waals surface area contributed by atoms with Crippen molar-refractivity contribution >= 4 is 18.3 Å². The number of unbranched alkanes of at least 4 members (excludes halogenated alkanes) is 1. The quantitative estimate of drug-likeness (QED) is 0.435. The van der Waals surface area contributed by atoms with Gasteiger partial charge in [0.1, 0.15) is 12.0 Å². The average molecular weight is 207 g/mol. The highest BCUT2D eigenvalue weighted by Crippen LogP contribution is 2.18. The highest BCUT2D eigenvalue weighted by molar-refractivity contribution is 5.83. The molecule has 15 heavy (non-hydrogen) atoms. The summed E-state index contributed by atoms with van der Waals surface area (Å²) >= 11 is 0. The van der Waals surface area contributed by atoms with Gasteiger partial charge in [0, 0.05) is 23.7 Å². The molecule has 4 heteroatoms. The number of rotatable bonds is 6. The first-order chi connectivity index (χ1) is 7.27. The van der Waals surface area contributed by atoms with Crippen LogP contribution in [-0.4, -0.2) is 19.2 Å². The Kier molecular flexibility index (Phi) is 4.34. The molecule has 0 atom stereocenters. The predicted molar refractivity (Wildman–Crippen MR) is 57.0 cm³/mol. The highest BCUT2D eigenvalue weighted by atomic mass is 16.5. The van der Waals surface area contributed by atoms with Crippen LogP contribution >= 0.6 is 0 Å². The van der Waals surface area contributed by atoms with Gasteiger partial charge in [-0.05, 0) is 18.6 Å². The minimum atomic E-state index is 0.401. The van der Waals surface area contributed by atoms with Crippen LogP contribution in [0, 0.1) is 0 Å². The summed E-state index contributed by atoms with van der Waals surface area (Å²) in [7, 11) is 0. The minimum absolute atomic E-state index is 0.401. The molecule has 0 saturated carbocycles.